The van der Waals surface area contributed by atoms with Crippen molar-refractivity contribution < 1.29 is 9.15 Å². The van der Waals surface area contributed by atoms with Crippen molar-refractivity contribution in [2.75, 3.05) is 19.0 Å². The molecular formula is C11H14N4O2S. The van der Waals surface area contributed by atoms with Gasteiger partial charge in [-0.25, -0.2) is 15.0 Å². The van der Waals surface area contributed by atoms with Gasteiger partial charge in [-0.2, -0.15) is 0 Å². The van der Waals surface area contributed by atoms with Crippen molar-refractivity contribution in [2.24, 2.45) is 0 Å². The minimum absolute atomic E-state index is 0.534. The Balaban J connectivity index is 2.29. The van der Waals surface area contributed by atoms with Crippen LogP contribution in [0, 0.1) is 6.92 Å². The summed E-state index contributed by atoms with van der Waals surface area (Å²) in [6.07, 6.45) is 3.08. The highest BCUT2D eigenvalue weighted by atomic mass is 32.2. The van der Waals surface area contributed by atoms with Crippen LogP contribution < -0.4 is 10.1 Å². The molecule has 6 nitrogen and oxygen atoms in total. The minimum Gasteiger partial charge on any atom is -0.490 e. The van der Waals surface area contributed by atoms with E-state index in [-0.39, 0.29) is 0 Å². The quantitative estimate of drug-likeness (QED) is 0.833. The number of oxazole rings is 1. The topological polar surface area (TPSA) is 73.1 Å². The predicted molar refractivity (Wildman–Crippen MR) is 68.1 cm³/mol. The van der Waals surface area contributed by atoms with Crippen LogP contribution in [0.5, 0.6) is 5.75 Å². The molecule has 0 aliphatic rings. The first-order chi connectivity index (χ1) is 8.74. The van der Waals surface area contributed by atoms with Crippen LogP contribution in [-0.4, -0.2) is 28.6 Å². The molecule has 0 bridgehead atoms. The summed E-state index contributed by atoms with van der Waals surface area (Å²) in [5.74, 6) is 1.26. The second-order valence-electron chi connectivity index (χ2n) is 3.45. The summed E-state index contributed by atoms with van der Waals surface area (Å²) >= 11 is 1.31. The molecule has 0 aliphatic carbocycles. The van der Waals surface area contributed by atoms with E-state index >= 15 is 0 Å². The van der Waals surface area contributed by atoms with Crippen molar-refractivity contribution in [3.63, 3.8) is 0 Å². The van der Waals surface area contributed by atoms with Gasteiger partial charge in [-0.3, -0.25) is 0 Å². The molecule has 0 aliphatic heterocycles. The molecule has 96 valence electrons. The van der Waals surface area contributed by atoms with Crippen molar-refractivity contribution in [2.45, 2.75) is 24.1 Å². The second kappa shape index (κ2) is 5.72. The number of nitrogens with one attached hydrogen (secondary N) is 1. The summed E-state index contributed by atoms with van der Waals surface area (Å²) in [5.41, 5.74) is 0.831. The smallest absolute Gasteiger partial charge is 0.262 e. The molecule has 0 aromatic carbocycles. The summed E-state index contributed by atoms with van der Waals surface area (Å²) < 4.78 is 10.6. The Morgan fingerprint density at radius 3 is 2.89 bits per heavy atom. The van der Waals surface area contributed by atoms with Gasteiger partial charge >= 0.3 is 0 Å². The molecule has 0 radical (unpaired) electrons. The predicted octanol–water partition coefficient (Wildman–Crippen LogP) is 2.36. The van der Waals surface area contributed by atoms with E-state index in [9.17, 15) is 0 Å². The van der Waals surface area contributed by atoms with Gasteiger partial charge < -0.3 is 14.5 Å². The molecule has 2 heterocycles. The molecule has 7 heteroatoms. The molecular weight excluding hydrogens is 252 g/mol. The molecule has 1 N–H and O–H groups in total. The van der Waals surface area contributed by atoms with Crippen LogP contribution in [0.1, 0.15) is 12.6 Å². The molecule has 2 aromatic heterocycles. The van der Waals surface area contributed by atoms with E-state index in [0.29, 0.717) is 21.8 Å². The monoisotopic (exact) mass is 266 g/mol. The van der Waals surface area contributed by atoms with Gasteiger partial charge in [0.1, 0.15) is 12.6 Å². The molecule has 18 heavy (non-hydrogen) atoms. The van der Waals surface area contributed by atoms with Crippen molar-refractivity contribution in [1.29, 1.82) is 0 Å². The molecule has 2 rings (SSSR count). The molecule has 0 spiro atoms. The van der Waals surface area contributed by atoms with Gasteiger partial charge in [0, 0.05) is 6.54 Å². The molecule has 2 aromatic rings. The number of nitrogens with zero attached hydrogens (tertiary/aromatic N) is 3. The van der Waals surface area contributed by atoms with Gasteiger partial charge in [0.15, 0.2) is 16.6 Å². The Hall–Kier alpha value is -1.76. The summed E-state index contributed by atoms with van der Waals surface area (Å²) in [7, 11) is 1.59. The van der Waals surface area contributed by atoms with Crippen LogP contribution in [-0.2, 0) is 0 Å². The standard InChI is InChI=1S/C11H14N4O2S/c1-4-12-9-8(16-3)10(14-6-13-9)18-11-15-7(2)5-17-11/h5-6H,4H2,1-3H3,(H,12,13,14). The van der Waals surface area contributed by atoms with Crippen molar-refractivity contribution in [1.82, 2.24) is 15.0 Å². The van der Waals surface area contributed by atoms with Gasteiger partial charge in [0.25, 0.3) is 5.22 Å². The lowest BCUT2D eigenvalue weighted by Crippen LogP contribution is -2.03. The Morgan fingerprint density at radius 2 is 2.28 bits per heavy atom. The molecule has 0 unspecified atom stereocenters. The maximum atomic E-state index is 5.33. The third kappa shape index (κ3) is 2.73. The number of rotatable bonds is 5. The minimum atomic E-state index is 0.534. The third-order valence-corrected chi connectivity index (χ3v) is 2.95. The van der Waals surface area contributed by atoms with E-state index in [2.05, 4.69) is 20.3 Å². The number of anilines is 1. The number of hydrogen-bond acceptors (Lipinski definition) is 7. The largest absolute Gasteiger partial charge is 0.490 e. The molecule has 0 amide bonds. The van der Waals surface area contributed by atoms with E-state index in [1.54, 1.807) is 13.4 Å². The molecule has 0 atom stereocenters. The van der Waals surface area contributed by atoms with Gasteiger partial charge in [-0.15, -0.1) is 0 Å². The van der Waals surface area contributed by atoms with Crippen LogP contribution in [0.2, 0.25) is 0 Å². The maximum absolute atomic E-state index is 5.33. The number of aromatic nitrogens is 3. The highest BCUT2D eigenvalue weighted by molar-refractivity contribution is 7.99. The molecule has 0 saturated heterocycles. The first kappa shape index (κ1) is 12.7. The molecule has 0 fully saturated rings. The average Bonchev–Trinajstić information content (AvgIpc) is 2.76. The number of hydrogen-bond donors (Lipinski definition) is 1. The Morgan fingerprint density at radius 1 is 1.44 bits per heavy atom. The van der Waals surface area contributed by atoms with Gasteiger partial charge in [0.2, 0.25) is 0 Å². The summed E-state index contributed by atoms with van der Waals surface area (Å²) in [4.78, 5) is 12.5. The Bertz CT molecular complexity index is 530. The Kier molecular flexibility index (Phi) is 4.03. The van der Waals surface area contributed by atoms with E-state index in [1.807, 2.05) is 13.8 Å². The first-order valence-electron chi connectivity index (χ1n) is 5.47. The normalized spacial score (nSPS) is 10.4. The fourth-order valence-electron chi connectivity index (χ4n) is 1.37. The zero-order valence-corrected chi connectivity index (χ0v) is 11.2. The summed E-state index contributed by atoms with van der Waals surface area (Å²) in [6.45, 7) is 4.62. The van der Waals surface area contributed by atoms with Gasteiger partial charge in [-0.05, 0) is 25.6 Å². The highest BCUT2D eigenvalue weighted by Gasteiger charge is 2.15. The van der Waals surface area contributed by atoms with E-state index in [4.69, 9.17) is 9.15 Å². The fourth-order valence-corrected chi connectivity index (χ4v) is 2.19. The van der Waals surface area contributed by atoms with Crippen LogP contribution in [0.15, 0.2) is 27.3 Å². The Labute approximate surface area is 109 Å². The van der Waals surface area contributed by atoms with Crippen LogP contribution >= 0.6 is 11.8 Å². The zero-order chi connectivity index (χ0) is 13.0. The van der Waals surface area contributed by atoms with E-state index in [1.165, 1.54) is 18.1 Å². The number of ether oxygens (including phenoxy) is 1. The van der Waals surface area contributed by atoms with Crippen molar-refractivity contribution in [3.05, 3.63) is 18.3 Å². The number of methoxy groups -OCH3 is 1. The molecule has 0 saturated carbocycles. The lowest BCUT2D eigenvalue weighted by Gasteiger charge is -2.10. The van der Waals surface area contributed by atoms with E-state index in [0.717, 1.165) is 12.2 Å². The lowest BCUT2D eigenvalue weighted by molar-refractivity contribution is 0.399. The zero-order valence-electron chi connectivity index (χ0n) is 10.4. The highest BCUT2D eigenvalue weighted by Crippen LogP contribution is 2.36. The van der Waals surface area contributed by atoms with Gasteiger partial charge in [-0.1, -0.05) is 0 Å². The summed E-state index contributed by atoms with van der Waals surface area (Å²) in [6, 6.07) is 0. The van der Waals surface area contributed by atoms with Crippen LogP contribution in [0.4, 0.5) is 5.82 Å². The van der Waals surface area contributed by atoms with Gasteiger partial charge in [0.05, 0.1) is 12.8 Å². The maximum Gasteiger partial charge on any atom is 0.262 e. The number of aryl methyl sites for hydroxylation is 1. The average molecular weight is 266 g/mol. The van der Waals surface area contributed by atoms with Crippen molar-refractivity contribution >= 4 is 17.6 Å². The van der Waals surface area contributed by atoms with Crippen LogP contribution in [0.3, 0.4) is 0 Å². The summed E-state index contributed by atoms with van der Waals surface area (Å²) in [5, 5.41) is 4.32. The fraction of sp³-hybridized carbons (Fsp3) is 0.364. The van der Waals surface area contributed by atoms with E-state index < -0.39 is 0 Å². The first-order valence-corrected chi connectivity index (χ1v) is 6.29. The van der Waals surface area contributed by atoms with Crippen molar-refractivity contribution in [3.8, 4) is 5.75 Å². The lowest BCUT2D eigenvalue weighted by atomic mass is 10.5. The van der Waals surface area contributed by atoms with Crippen LogP contribution in [0.25, 0.3) is 0 Å². The SMILES string of the molecule is CCNc1ncnc(Sc2nc(C)co2)c1OC. The third-order valence-electron chi connectivity index (χ3n) is 2.10. The second-order valence-corrected chi connectivity index (χ2v) is 4.39.